The molecule has 108 valence electrons. The van der Waals surface area contributed by atoms with Crippen molar-refractivity contribution in [1.29, 1.82) is 0 Å². The fraction of sp³-hybridized carbons (Fsp3) is 0.105. The summed E-state index contributed by atoms with van der Waals surface area (Å²) in [6, 6.07) is 19.7. The average Bonchev–Trinajstić information content (AvgIpc) is 2.58. The molecule has 0 aliphatic rings. The van der Waals surface area contributed by atoms with Crippen LogP contribution in [0.1, 0.15) is 21.6 Å². The fourth-order valence-corrected chi connectivity index (χ4v) is 2.52. The quantitative estimate of drug-likeness (QED) is 0.684. The Morgan fingerprint density at radius 1 is 0.955 bits per heavy atom. The van der Waals surface area contributed by atoms with E-state index in [1.54, 1.807) is 18.3 Å². The van der Waals surface area contributed by atoms with E-state index in [-0.39, 0.29) is 5.78 Å². The maximum Gasteiger partial charge on any atom is 0.187 e. The Kier molecular flexibility index (Phi) is 4.05. The number of nitrogens with zero attached hydrogens (tertiary/aromatic N) is 2. The lowest BCUT2D eigenvalue weighted by Gasteiger charge is -2.11. The smallest absolute Gasteiger partial charge is 0.187 e. The van der Waals surface area contributed by atoms with Crippen LogP contribution in [0, 0.1) is 6.92 Å². The molecule has 3 rings (SSSR count). The van der Waals surface area contributed by atoms with Gasteiger partial charge in [0.25, 0.3) is 0 Å². The summed E-state index contributed by atoms with van der Waals surface area (Å²) in [5.74, 6) is -0.0126. The van der Waals surface area contributed by atoms with Gasteiger partial charge in [-0.2, -0.15) is 5.10 Å². The van der Waals surface area contributed by atoms with E-state index in [9.17, 15) is 4.79 Å². The number of benzene rings is 2. The van der Waals surface area contributed by atoms with E-state index in [0.717, 1.165) is 22.3 Å². The minimum atomic E-state index is -0.0126. The molecular formula is C19H16N2O. The van der Waals surface area contributed by atoms with Crippen LogP contribution >= 0.6 is 0 Å². The molecule has 22 heavy (non-hydrogen) atoms. The first kappa shape index (κ1) is 14.1. The molecule has 2 aromatic carbocycles. The van der Waals surface area contributed by atoms with Crippen molar-refractivity contribution in [1.82, 2.24) is 10.2 Å². The van der Waals surface area contributed by atoms with Crippen LogP contribution < -0.4 is 0 Å². The largest absolute Gasteiger partial charge is 0.292 e. The Labute approximate surface area is 129 Å². The number of ketones is 1. The Bertz CT molecular complexity index is 783. The number of hydrogen-bond donors (Lipinski definition) is 0. The van der Waals surface area contributed by atoms with Gasteiger partial charge in [-0.15, -0.1) is 5.10 Å². The monoisotopic (exact) mass is 288 g/mol. The van der Waals surface area contributed by atoms with E-state index in [0.29, 0.717) is 12.1 Å². The molecule has 0 aliphatic heterocycles. The SMILES string of the molecule is Cc1c(CC(=O)c2cccnn2)cccc1-c1ccccc1. The number of aromatic nitrogens is 2. The van der Waals surface area contributed by atoms with Gasteiger partial charge in [0, 0.05) is 12.6 Å². The van der Waals surface area contributed by atoms with Crippen LogP contribution in [0.15, 0.2) is 66.9 Å². The molecule has 0 atom stereocenters. The summed E-state index contributed by atoms with van der Waals surface area (Å²) in [6.45, 7) is 2.06. The Hall–Kier alpha value is -2.81. The normalized spacial score (nSPS) is 10.4. The predicted molar refractivity (Wildman–Crippen MR) is 86.7 cm³/mol. The van der Waals surface area contributed by atoms with Crippen molar-refractivity contribution in [2.75, 3.05) is 0 Å². The van der Waals surface area contributed by atoms with Crippen molar-refractivity contribution < 1.29 is 4.79 Å². The second-order valence-corrected chi connectivity index (χ2v) is 5.16. The van der Waals surface area contributed by atoms with Crippen molar-refractivity contribution >= 4 is 5.78 Å². The molecular weight excluding hydrogens is 272 g/mol. The van der Waals surface area contributed by atoms with Gasteiger partial charge in [0.2, 0.25) is 0 Å². The van der Waals surface area contributed by atoms with Gasteiger partial charge in [0.05, 0.1) is 0 Å². The van der Waals surface area contributed by atoms with Gasteiger partial charge in [0.15, 0.2) is 5.78 Å². The van der Waals surface area contributed by atoms with E-state index >= 15 is 0 Å². The van der Waals surface area contributed by atoms with Crippen molar-refractivity contribution in [2.24, 2.45) is 0 Å². The number of hydrogen-bond acceptors (Lipinski definition) is 3. The summed E-state index contributed by atoms with van der Waals surface area (Å²) in [6.07, 6.45) is 1.91. The third-order valence-corrected chi connectivity index (χ3v) is 3.74. The van der Waals surface area contributed by atoms with Gasteiger partial charge in [-0.05, 0) is 41.3 Å². The lowest BCUT2D eigenvalue weighted by atomic mass is 9.94. The van der Waals surface area contributed by atoms with Gasteiger partial charge in [-0.1, -0.05) is 48.5 Å². The molecule has 1 aromatic heterocycles. The number of rotatable bonds is 4. The minimum Gasteiger partial charge on any atom is -0.292 e. The van der Waals surface area contributed by atoms with Crippen molar-refractivity contribution in [3.63, 3.8) is 0 Å². The molecule has 3 aromatic rings. The molecule has 0 N–H and O–H groups in total. The molecule has 0 amide bonds. The van der Waals surface area contributed by atoms with Crippen LogP contribution in [0.2, 0.25) is 0 Å². The zero-order valence-corrected chi connectivity index (χ0v) is 12.4. The fourth-order valence-electron chi connectivity index (χ4n) is 2.52. The van der Waals surface area contributed by atoms with Crippen molar-refractivity contribution in [3.05, 3.63) is 83.7 Å². The van der Waals surface area contributed by atoms with Crippen LogP contribution in [0.4, 0.5) is 0 Å². The van der Waals surface area contributed by atoms with Crippen LogP contribution in [0.5, 0.6) is 0 Å². The van der Waals surface area contributed by atoms with Crippen LogP contribution in [-0.4, -0.2) is 16.0 Å². The van der Waals surface area contributed by atoms with Crippen molar-refractivity contribution in [2.45, 2.75) is 13.3 Å². The highest BCUT2D eigenvalue weighted by atomic mass is 16.1. The molecule has 1 heterocycles. The molecule has 3 nitrogen and oxygen atoms in total. The molecule has 0 radical (unpaired) electrons. The molecule has 0 saturated carbocycles. The van der Waals surface area contributed by atoms with Crippen LogP contribution in [-0.2, 0) is 6.42 Å². The van der Waals surface area contributed by atoms with Crippen molar-refractivity contribution in [3.8, 4) is 11.1 Å². The first-order chi connectivity index (χ1) is 10.8. The van der Waals surface area contributed by atoms with Gasteiger partial charge in [-0.3, -0.25) is 4.79 Å². The summed E-state index contributed by atoms with van der Waals surface area (Å²) in [5.41, 5.74) is 4.88. The molecule has 0 unspecified atom stereocenters. The van der Waals surface area contributed by atoms with Crippen LogP contribution in [0.3, 0.4) is 0 Å². The standard InChI is InChI=1S/C19H16N2O/c1-14-16(13-19(22)18-11-6-12-20-21-18)9-5-10-17(14)15-7-3-2-4-8-15/h2-12H,13H2,1H3. The molecule has 0 fully saturated rings. The topological polar surface area (TPSA) is 42.9 Å². The third-order valence-electron chi connectivity index (χ3n) is 3.74. The van der Waals surface area contributed by atoms with Gasteiger partial charge >= 0.3 is 0 Å². The van der Waals surface area contributed by atoms with E-state index in [2.05, 4.69) is 35.3 Å². The predicted octanol–water partition coefficient (Wildman–Crippen LogP) is 3.88. The Morgan fingerprint density at radius 2 is 1.77 bits per heavy atom. The number of carbonyl (C=O) groups excluding carboxylic acids is 1. The Morgan fingerprint density at radius 3 is 2.50 bits per heavy atom. The van der Waals surface area contributed by atoms with E-state index in [1.165, 1.54) is 0 Å². The molecule has 3 heteroatoms. The summed E-state index contributed by atoms with van der Waals surface area (Å²) in [7, 11) is 0. The number of carbonyl (C=O) groups is 1. The van der Waals surface area contributed by atoms with Gasteiger partial charge in [0.1, 0.15) is 5.69 Å². The first-order valence-corrected chi connectivity index (χ1v) is 7.20. The second kappa shape index (κ2) is 6.31. The molecule has 0 saturated heterocycles. The highest BCUT2D eigenvalue weighted by Gasteiger charge is 2.12. The summed E-state index contributed by atoms with van der Waals surface area (Å²) < 4.78 is 0. The van der Waals surface area contributed by atoms with Gasteiger partial charge in [-0.25, -0.2) is 0 Å². The lowest BCUT2D eigenvalue weighted by molar-refractivity contribution is 0.0987. The molecule has 0 aliphatic carbocycles. The van der Waals surface area contributed by atoms with E-state index < -0.39 is 0 Å². The molecule has 0 bridgehead atoms. The summed E-state index contributed by atoms with van der Waals surface area (Å²) in [4.78, 5) is 12.3. The third kappa shape index (κ3) is 2.93. The zero-order valence-electron chi connectivity index (χ0n) is 12.4. The highest BCUT2D eigenvalue weighted by molar-refractivity contribution is 5.96. The first-order valence-electron chi connectivity index (χ1n) is 7.20. The lowest BCUT2D eigenvalue weighted by Crippen LogP contribution is -2.08. The Balaban J connectivity index is 1.91. The summed E-state index contributed by atoms with van der Waals surface area (Å²) in [5, 5.41) is 7.65. The van der Waals surface area contributed by atoms with Gasteiger partial charge < -0.3 is 0 Å². The second-order valence-electron chi connectivity index (χ2n) is 5.16. The van der Waals surface area contributed by atoms with E-state index in [1.807, 2.05) is 30.3 Å². The van der Waals surface area contributed by atoms with Crippen LogP contribution in [0.25, 0.3) is 11.1 Å². The average molecular weight is 288 g/mol. The highest BCUT2D eigenvalue weighted by Crippen LogP contribution is 2.26. The summed E-state index contributed by atoms with van der Waals surface area (Å²) >= 11 is 0. The van der Waals surface area contributed by atoms with E-state index in [4.69, 9.17) is 0 Å². The maximum absolute atomic E-state index is 12.3. The zero-order chi connectivity index (χ0) is 15.4. The minimum absolute atomic E-state index is 0.0126. The maximum atomic E-state index is 12.3. The number of Topliss-reactive ketones (excluding diaryl/α,β-unsaturated/α-hetero) is 1. The molecule has 0 spiro atoms.